The molecule has 0 aromatic heterocycles. The van der Waals surface area contributed by atoms with Crippen LogP contribution in [0.2, 0.25) is 0 Å². The molecule has 0 saturated carbocycles. The normalized spacial score (nSPS) is 12.4. The van der Waals surface area contributed by atoms with Crippen molar-refractivity contribution in [1.82, 2.24) is 0 Å². The predicted octanol–water partition coefficient (Wildman–Crippen LogP) is 3.33. The Labute approximate surface area is 134 Å². The van der Waals surface area contributed by atoms with Crippen molar-refractivity contribution < 1.29 is 23.7 Å². The Morgan fingerprint density at radius 2 is 1.78 bits per heavy atom. The van der Waals surface area contributed by atoms with Crippen LogP contribution in [0.1, 0.15) is 15.9 Å². The zero-order valence-electron chi connectivity index (χ0n) is 12.9. The molecule has 2 aromatic carbocycles. The Morgan fingerprint density at radius 1 is 1.00 bits per heavy atom. The van der Waals surface area contributed by atoms with Gasteiger partial charge in [-0.2, -0.15) is 0 Å². The minimum absolute atomic E-state index is 0.122. The van der Waals surface area contributed by atoms with E-state index in [1.54, 1.807) is 31.4 Å². The molecule has 118 valence electrons. The molecule has 5 nitrogen and oxygen atoms in total. The van der Waals surface area contributed by atoms with Crippen molar-refractivity contribution in [3.05, 3.63) is 53.6 Å². The van der Waals surface area contributed by atoms with E-state index in [9.17, 15) is 4.79 Å². The highest BCUT2D eigenvalue weighted by Gasteiger charge is 2.13. The van der Waals surface area contributed by atoms with Crippen LogP contribution in [0.15, 0.2) is 42.5 Å². The van der Waals surface area contributed by atoms with Crippen LogP contribution >= 0.6 is 0 Å². The van der Waals surface area contributed by atoms with Crippen molar-refractivity contribution in [3.8, 4) is 23.0 Å². The number of benzene rings is 2. The van der Waals surface area contributed by atoms with E-state index in [0.717, 1.165) is 5.56 Å². The molecule has 1 aliphatic heterocycles. The van der Waals surface area contributed by atoms with Gasteiger partial charge >= 0.3 is 0 Å². The van der Waals surface area contributed by atoms with Gasteiger partial charge in [-0.3, -0.25) is 4.79 Å². The molecular formula is C18H16O5. The first kappa shape index (κ1) is 15.0. The van der Waals surface area contributed by atoms with Gasteiger partial charge in [-0.1, -0.05) is 12.1 Å². The Kier molecular flexibility index (Phi) is 4.19. The number of ketones is 1. The first-order valence-corrected chi connectivity index (χ1v) is 7.05. The second-order valence-electron chi connectivity index (χ2n) is 4.88. The molecule has 1 aliphatic rings. The smallest absolute Gasteiger partial charge is 0.231 e. The zero-order valence-corrected chi connectivity index (χ0v) is 12.9. The van der Waals surface area contributed by atoms with Crippen molar-refractivity contribution in [3.63, 3.8) is 0 Å². The summed E-state index contributed by atoms with van der Waals surface area (Å²) in [4.78, 5) is 12.3. The summed E-state index contributed by atoms with van der Waals surface area (Å²) >= 11 is 0. The molecule has 23 heavy (non-hydrogen) atoms. The van der Waals surface area contributed by atoms with Gasteiger partial charge in [0.2, 0.25) is 6.79 Å². The molecule has 0 bridgehead atoms. The topological polar surface area (TPSA) is 54.0 Å². The lowest BCUT2D eigenvalue weighted by Crippen LogP contribution is -1.97. The van der Waals surface area contributed by atoms with Gasteiger partial charge in [-0.25, -0.2) is 0 Å². The fourth-order valence-electron chi connectivity index (χ4n) is 2.27. The highest BCUT2D eigenvalue weighted by molar-refractivity contribution is 6.07. The molecule has 0 unspecified atom stereocenters. The summed E-state index contributed by atoms with van der Waals surface area (Å²) < 4.78 is 20.9. The van der Waals surface area contributed by atoms with E-state index in [1.807, 2.05) is 18.2 Å². The van der Waals surface area contributed by atoms with E-state index in [0.29, 0.717) is 28.6 Å². The van der Waals surface area contributed by atoms with Gasteiger partial charge in [0.1, 0.15) is 0 Å². The summed E-state index contributed by atoms with van der Waals surface area (Å²) in [6.07, 6.45) is 3.25. The Hall–Kier alpha value is -2.95. The van der Waals surface area contributed by atoms with Gasteiger partial charge in [0, 0.05) is 5.56 Å². The molecular weight excluding hydrogens is 296 g/mol. The molecule has 2 aromatic rings. The summed E-state index contributed by atoms with van der Waals surface area (Å²) in [6, 6.07) is 10.6. The molecule has 3 rings (SSSR count). The number of hydrogen-bond donors (Lipinski definition) is 0. The van der Waals surface area contributed by atoms with Crippen molar-refractivity contribution in [2.75, 3.05) is 21.0 Å². The lowest BCUT2D eigenvalue weighted by molar-refractivity contribution is 0.104. The van der Waals surface area contributed by atoms with Crippen molar-refractivity contribution >= 4 is 11.9 Å². The van der Waals surface area contributed by atoms with Crippen molar-refractivity contribution in [1.29, 1.82) is 0 Å². The lowest BCUT2D eigenvalue weighted by atomic mass is 10.1. The second-order valence-corrected chi connectivity index (χ2v) is 4.88. The van der Waals surface area contributed by atoms with Crippen LogP contribution in [-0.4, -0.2) is 26.8 Å². The van der Waals surface area contributed by atoms with Gasteiger partial charge < -0.3 is 18.9 Å². The lowest BCUT2D eigenvalue weighted by Gasteiger charge is -2.08. The standard InChI is InChI=1S/C18H16O5/c1-20-15-8-5-13(10-17(15)21-2)14(19)6-3-12-4-7-16-18(9-12)23-11-22-16/h3-10H,11H2,1-2H3/b6-3-. The fraction of sp³-hybridized carbons (Fsp3) is 0.167. The number of methoxy groups -OCH3 is 2. The molecule has 0 spiro atoms. The molecule has 0 saturated heterocycles. The number of hydrogen-bond acceptors (Lipinski definition) is 5. The molecule has 1 heterocycles. The van der Waals surface area contributed by atoms with Crippen LogP contribution in [0.25, 0.3) is 6.08 Å². The third-order valence-electron chi connectivity index (χ3n) is 3.49. The summed E-state index contributed by atoms with van der Waals surface area (Å²) in [5, 5.41) is 0. The van der Waals surface area contributed by atoms with E-state index >= 15 is 0 Å². The van der Waals surface area contributed by atoms with E-state index in [1.165, 1.54) is 13.2 Å². The minimum atomic E-state index is -0.122. The Morgan fingerprint density at radius 3 is 2.57 bits per heavy atom. The maximum atomic E-state index is 12.3. The number of carbonyl (C=O) groups excluding carboxylic acids is 1. The van der Waals surface area contributed by atoms with Crippen LogP contribution in [0.4, 0.5) is 0 Å². The number of allylic oxidation sites excluding steroid dienone is 1. The monoisotopic (exact) mass is 312 g/mol. The van der Waals surface area contributed by atoms with Crippen LogP contribution in [0, 0.1) is 0 Å². The molecule has 0 aliphatic carbocycles. The SMILES string of the molecule is COc1ccc(C(=O)/C=C\c2ccc3c(c2)OCO3)cc1OC. The summed E-state index contributed by atoms with van der Waals surface area (Å²) in [7, 11) is 3.09. The fourth-order valence-corrected chi connectivity index (χ4v) is 2.27. The van der Waals surface area contributed by atoms with E-state index in [4.69, 9.17) is 18.9 Å². The average Bonchev–Trinajstić information content (AvgIpc) is 3.06. The quantitative estimate of drug-likeness (QED) is 0.626. The van der Waals surface area contributed by atoms with Crippen LogP contribution < -0.4 is 18.9 Å². The molecule has 0 radical (unpaired) electrons. The maximum absolute atomic E-state index is 12.3. The van der Waals surface area contributed by atoms with E-state index in [2.05, 4.69) is 0 Å². The molecule has 0 N–H and O–H groups in total. The summed E-state index contributed by atoms with van der Waals surface area (Å²) in [5.74, 6) is 2.39. The van der Waals surface area contributed by atoms with Crippen LogP contribution in [0.3, 0.4) is 0 Å². The molecule has 0 amide bonds. The Bertz CT molecular complexity index is 764. The van der Waals surface area contributed by atoms with E-state index < -0.39 is 0 Å². The summed E-state index contributed by atoms with van der Waals surface area (Å²) in [5.41, 5.74) is 1.39. The zero-order chi connectivity index (χ0) is 16.2. The first-order valence-electron chi connectivity index (χ1n) is 7.05. The molecule has 5 heteroatoms. The number of fused-ring (bicyclic) bond motifs is 1. The highest BCUT2D eigenvalue weighted by atomic mass is 16.7. The predicted molar refractivity (Wildman–Crippen MR) is 85.5 cm³/mol. The second kappa shape index (κ2) is 6.44. The largest absolute Gasteiger partial charge is 0.493 e. The number of ether oxygens (including phenoxy) is 4. The van der Waals surface area contributed by atoms with Gasteiger partial charge in [-0.05, 0) is 42.0 Å². The third kappa shape index (κ3) is 3.13. The van der Waals surface area contributed by atoms with Crippen LogP contribution in [0.5, 0.6) is 23.0 Å². The van der Waals surface area contributed by atoms with Crippen molar-refractivity contribution in [2.45, 2.75) is 0 Å². The van der Waals surface area contributed by atoms with Crippen molar-refractivity contribution in [2.24, 2.45) is 0 Å². The number of carbonyl (C=O) groups is 1. The molecule has 0 fully saturated rings. The van der Waals surface area contributed by atoms with Gasteiger partial charge in [0.15, 0.2) is 28.8 Å². The van der Waals surface area contributed by atoms with Crippen LogP contribution in [-0.2, 0) is 0 Å². The maximum Gasteiger partial charge on any atom is 0.231 e. The molecule has 0 atom stereocenters. The first-order chi connectivity index (χ1) is 11.2. The van der Waals surface area contributed by atoms with E-state index in [-0.39, 0.29) is 12.6 Å². The summed E-state index contributed by atoms with van der Waals surface area (Å²) in [6.45, 7) is 0.229. The average molecular weight is 312 g/mol. The van der Waals surface area contributed by atoms with Gasteiger partial charge in [-0.15, -0.1) is 0 Å². The Balaban J connectivity index is 1.78. The number of rotatable bonds is 5. The highest BCUT2D eigenvalue weighted by Crippen LogP contribution is 2.33. The van der Waals surface area contributed by atoms with Gasteiger partial charge in [0.05, 0.1) is 14.2 Å². The minimum Gasteiger partial charge on any atom is -0.493 e. The van der Waals surface area contributed by atoms with Gasteiger partial charge in [0.25, 0.3) is 0 Å². The third-order valence-corrected chi connectivity index (χ3v) is 3.49.